The Bertz CT molecular complexity index is 1570. The van der Waals surface area contributed by atoms with Crippen LogP contribution in [0.5, 0.6) is 0 Å². The van der Waals surface area contributed by atoms with E-state index in [0.29, 0.717) is 22.4 Å². The smallest absolute Gasteiger partial charge is 0.263 e. The number of pyridine rings is 1. The second-order valence-electron chi connectivity index (χ2n) is 7.61. The molecule has 3 heterocycles. The minimum Gasteiger partial charge on any atom is -0.360 e. The normalized spacial score (nSPS) is 12.4. The van der Waals surface area contributed by atoms with Crippen molar-refractivity contribution in [2.24, 2.45) is 0 Å². The van der Waals surface area contributed by atoms with Crippen molar-refractivity contribution >= 4 is 27.8 Å². The van der Waals surface area contributed by atoms with Crippen LogP contribution in [0.4, 0.5) is 19.0 Å². The van der Waals surface area contributed by atoms with Crippen LogP contribution in [0.2, 0.25) is 0 Å². The molecular weight excluding hydrogens is 433 g/mol. The SMILES string of the molecule is Cc1c(F)ccc2cc([C@H](C)Nc3ncnc4nc[nH]c34)n(-c3c(F)cccc3F)c(=O)c12. The number of imidazole rings is 1. The summed E-state index contributed by atoms with van der Waals surface area (Å²) in [4.78, 5) is 28.8. The summed E-state index contributed by atoms with van der Waals surface area (Å²) in [6.07, 6.45) is 2.79. The molecule has 0 aliphatic heterocycles. The van der Waals surface area contributed by atoms with Gasteiger partial charge < -0.3 is 10.3 Å². The van der Waals surface area contributed by atoms with Crippen LogP contribution in [0.25, 0.3) is 27.6 Å². The number of benzene rings is 2. The molecule has 0 saturated carbocycles. The van der Waals surface area contributed by atoms with Crippen LogP contribution in [-0.4, -0.2) is 24.5 Å². The van der Waals surface area contributed by atoms with E-state index >= 15 is 0 Å². The lowest BCUT2D eigenvalue weighted by molar-refractivity contribution is 0.561. The second-order valence-corrected chi connectivity index (χ2v) is 7.61. The van der Waals surface area contributed by atoms with Crippen molar-refractivity contribution in [2.45, 2.75) is 19.9 Å². The number of aromatic amines is 1. The van der Waals surface area contributed by atoms with E-state index in [1.165, 1.54) is 37.8 Å². The number of anilines is 1. The molecule has 0 radical (unpaired) electrons. The molecule has 3 aromatic heterocycles. The van der Waals surface area contributed by atoms with Gasteiger partial charge in [0.25, 0.3) is 5.56 Å². The molecule has 2 aromatic carbocycles. The standard InChI is InChI=1S/C23H17F3N6O/c1-11-14(24)7-6-13-8-17(12(2)31-22-19-21(28-9-27-19)29-10-30-22)32(23(33)18(11)13)20-15(25)4-3-5-16(20)26/h3-10,12H,1-2H3,(H2,27,28,29,30,31)/t12-/m0/s1. The average molecular weight is 450 g/mol. The Labute approximate surface area is 185 Å². The first kappa shape index (κ1) is 20.7. The maximum absolute atomic E-state index is 14.8. The molecule has 0 unspecified atom stereocenters. The number of fused-ring (bicyclic) bond motifs is 2. The van der Waals surface area contributed by atoms with E-state index in [9.17, 15) is 18.0 Å². The van der Waals surface area contributed by atoms with Gasteiger partial charge in [0.15, 0.2) is 11.5 Å². The van der Waals surface area contributed by atoms with Crippen molar-refractivity contribution < 1.29 is 13.2 Å². The zero-order chi connectivity index (χ0) is 23.3. The highest BCUT2D eigenvalue weighted by Crippen LogP contribution is 2.29. The number of hydrogen-bond acceptors (Lipinski definition) is 5. The number of para-hydroxylation sites is 1. The lowest BCUT2D eigenvalue weighted by atomic mass is 10.0. The van der Waals surface area contributed by atoms with Gasteiger partial charge in [0.2, 0.25) is 0 Å². The van der Waals surface area contributed by atoms with E-state index in [1.807, 2.05) is 0 Å². The average Bonchev–Trinajstić information content (AvgIpc) is 3.27. The van der Waals surface area contributed by atoms with Gasteiger partial charge in [0.1, 0.15) is 35.0 Å². The Morgan fingerprint density at radius 1 is 1.03 bits per heavy atom. The van der Waals surface area contributed by atoms with Crippen molar-refractivity contribution in [3.63, 3.8) is 0 Å². The van der Waals surface area contributed by atoms with Crippen LogP contribution < -0.4 is 10.9 Å². The first-order valence-electron chi connectivity index (χ1n) is 10.1. The van der Waals surface area contributed by atoms with Gasteiger partial charge in [-0.3, -0.25) is 9.36 Å². The van der Waals surface area contributed by atoms with Crippen molar-refractivity contribution in [2.75, 3.05) is 5.32 Å². The molecule has 0 spiro atoms. The molecule has 5 aromatic rings. The zero-order valence-electron chi connectivity index (χ0n) is 17.5. The molecule has 10 heteroatoms. The molecule has 0 amide bonds. The van der Waals surface area contributed by atoms with Crippen LogP contribution >= 0.6 is 0 Å². The van der Waals surface area contributed by atoms with Crippen molar-refractivity contribution in [3.8, 4) is 5.69 Å². The van der Waals surface area contributed by atoms with Crippen molar-refractivity contribution in [1.82, 2.24) is 24.5 Å². The maximum atomic E-state index is 14.8. The van der Waals surface area contributed by atoms with E-state index in [2.05, 4.69) is 25.3 Å². The Hall–Kier alpha value is -4.21. The predicted octanol–water partition coefficient (Wildman–Crippen LogP) is 4.56. The van der Waals surface area contributed by atoms with Crippen molar-refractivity contribution in [3.05, 3.63) is 88.1 Å². The van der Waals surface area contributed by atoms with Gasteiger partial charge in [0, 0.05) is 5.69 Å². The molecule has 5 rings (SSSR count). The van der Waals surface area contributed by atoms with Gasteiger partial charge in [-0.2, -0.15) is 0 Å². The van der Waals surface area contributed by atoms with Gasteiger partial charge in [-0.25, -0.2) is 28.1 Å². The van der Waals surface area contributed by atoms with Crippen LogP contribution in [0.1, 0.15) is 24.2 Å². The molecular formula is C23H17F3N6O. The van der Waals surface area contributed by atoms with E-state index in [1.54, 1.807) is 13.0 Å². The molecule has 0 saturated heterocycles. The Balaban J connectivity index is 1.78. The molecule has 0 aliphatic rings. The minimum atomic E-state index is -0.919. The third-order valence-corrected chi connectivity index (χ3v) is 5.59. The summed E-state index contributed by atoms with van der Waals surface area (Å²) >= 11 is 0. The summed E-state index contributed by atoms with van der Waals surface area (Å²) < 4.78 is 44.8. The molecule has 166 valence electrons. The monoisotopic (exact) mass is 450 g/mol. The fourth-order valence-electron chi connectivity index (χ4n) is 3.97. The third-order valence-electron chi connectivity index (χ3n) is 5.59. The molecule has 0 aliphatic carbocycles. The largest absolute Gasteiger partial charge is 0.360 e. The number of nitrogens with one attached hydrogen (secondary N) is 2. The highest BCUT2D eigenvalue weighted by atomic mass is 19.1. The van der Waals surface area contributed by atoms with Crippen molar-refractivity contribution in [1.29, 1.82) is 0 Å². The van der Waals surface area contributed by atoms with Gasteiger partial charge in [-0.1, -0.05) is 12.1 Å². The van der Waals surface area contributed by atoms with Gasteiger partial charge in [-0.15, -0.1) is 0 Å². The van der Waals surface area contributed by atoms with E-state index < -0.39 is 34.7 Å². The molecule has 33 heavy (non-hydrogen) atoms. The number of H-pyrrole nitrogens is 1. The maximum Gasteiger partial charge on any atom is 0.263 e. The predicted molar refractivity (Wildman–Crippen MR) is 118 cm³/mol. The number of aromatic nitrogens is 5. The summed E-state index contributed by atoms with van der Waals surface area (Å²) in [6, 6.07) is 7.02. The number of halogens is 3. The van der Waals surface area contributed by atoms with E-state index in [0.717, 1.165) is 16.7 Å². The number of nitrogens with zero attached hydrogens (tertiary/aromatic N) is 4. The summed E-state index contributed by atoms with van der Waals surface area (Å²) in [5.41, 5.74) is 0.0624. The molecule has 7 nitrogen and oxygen atoms in total. The van der Waals surface area contributed by atoms with Crippen LogP contribution in [0.15, 0.2) is 53.8 Å². The third kappa shape index (κ3) is 3.30. The van der Waals surface area contributed by atoms with E-state index in [4.69, 9.17) is 0 Å². The number of hydrogen-bond donors (Lipinski definition) is 2. The van der Waals surface area contributed by atoms with Crippen LogP contribution in [-0.2, 0) is 0 Å². The Morgan fingerprint density at radius 2 is 1.79 bits per heavy atom. The fourth-order valence-corrected chi connectivity index (χ4v) is 3.97. The quantitative estimate of drug-likeness (QED) is 0.419. The first-order chi connectivity index (χ1) is 15.9. The number of rotatable bonds is 4. The molecule has 1 atom stereocenters. The Morgan fingerprint density at radius 3 is 2.55 bits per heavy atom. The molecule has 2 N–H and O–H groups in total. The van der Waals surface area contributed by atoms with Gasteiger partial charge >= 0.3 is 0 Å². The summed E-state index contributed by atoms with van der Waals surface area (Å²) in [5, 5.41) is 3.65. The molecule has 0 bridgehead atoms. The number of aryl methyl sites for hydroxylation is 1. The summed E-state index contributed by atoms with van der Waals surface area (Å²) in [5.74, 6) is -2.02. The Kier molecular flexibility index (Phi) is 4.85. The van der Waals surface area contributed by atoms with Crippen LogP contribution in [0, 0.1) is 24.4 Å². The highest BCUT2D eigenvalue weighted by molar-refractivity contribution is 5.86. The van der Waals surface area contributed by atoms with Gasteiger partial charge in [-0.05, 0) is 49.1 Å². The van der Waals surface area contributed by atoms with E-state index in [-0.39, 0.29) is 16.6 Å². The fraction of sp³-hybridized carbons (Fsp3) is 0.130. The molecule has 0 fully saturated rings. The highest BCUT2D eigenvalue weighted by Gasteiger charge is 2.23. The second kappa shape index (κ2) is 7.73. The summed E-state index contributed by atoms with van der Waals surface area (Å²) in [6.45, 7) is 3.18. The van der Waals surface area contributed by atoms with Gasteiger partial charge in [0.05, 0.1) is 17.8 Å². The van der Waals surface area contributed by atoms with Crippen LogP contribution in [0.3, 0.4) is 0 Å². The lowest BCUT2D eigenvalue weighted by Crippen LogP contribution is -2.28. The topological polar surface area (TPSA) is 88.5 Å². The minimum absolute atomic E-state index is 0.0478. The zero-order valence-corrected chi connectivity index (χ0v) is 17.5. The lowest BCUT2D eigenvalue weighted by Gasteiger charge is -2.22. The first-order valence-corrected chi connectivity index (χ1v) is 10.1. The summed E-state index contributed by atoms with van der Waals surface area (Å²) in [7, 11) is 0.